The largest absolute Gasteiger partial charge is 0.353 e. The lowest BCUT2D eigenvalue weighted by Crippen LogP contribution is -2.19. The van der Waals surface area contributed by atoms with Crippen molar-refractivity contribution in [1.29, 1.82) is 0 Å². The minimum atomic E-state index is 0.0918. The summed E-state index contributed by atoms with van der Waals surface area (Å²) in [7, 11) is 0. The van der Waals surface area contributed by atoms with Gasteiger partial charge in [0.05, 0.1) is 5.70 Å². The lowest BCUT2D eigenvalue weighted by molar-refractivity contribution is -0.114. The van der Waals surface area contributed by atoms with Crippen LogP contribution in [0.15, 0.2) is 30.5 Å². The Morgan fingerprint density at radius 1 is 1.44 bits per heavy atom. The van der Waals surface area contributed by atoms with Crippen molar-refractivity contribution in [1.82, 2.24) is 0 Å². The number of carbonyl (C=O) groups excluding carboxylic acids is 1. The number of Topliss-reactive ketones (excluding diaryl/α,β-unsaturated/α-hetero) is 1. The van der Waals surface area contributed by atoms with E-state index in [9.17, 15) is 4.79 Å². The van der Waals surface area contributed by atoms with Crippen LogP contribution < -0.4 is 5.32 Å². The van der Waals surface area contributed by atoms with Crippen LogP contribution in [0.4, 0.5) is 5.69 Å². The van der Waals surface area contributed by atoms with Crippen molar-refractivity contribution in [2.75, 3.05) is 5.32 Å². The van der Waals surface area contributed by atoms with Gasteiger partial charge in [0.1, 0.15) is 0 Å². The van der Waals surface area contributed by atoms with Crippen molar-refractivity contribution in [2.24, 2.45) is 5.92 Å². The summed E-state index contributed by atoms with van der Waals surface area (Å²) < 4.78 is 0. The molecule has 0 unspecified atom stereocenters. The summed E-state index contributed by atoms with van der Waals surface area (Å²) in [6, 6.07) is 6.30. The van der Waals surface area contributed by atoms with Crippen LogP contribution in [-0.2, 0) is 17.6 Å². The maximum Gasteiger partial charge on any atom is 0.182 e. The maximum atomic E-state index is 11.5. The molecule has 1 aliphatic rings. The molecule has 1 N–H and O–H groups in total. The summed E-state index contributed by atoms with van der Waals surface area (Å²) in [5.74, 6) is 0.731. The number of nitrogens with one attached hydrogen (secondary N) is 1. The molecule has 2 rings (SSSR count). The molecule has 0 bridgehead atoms. The summed E-state index contributed by atoms with van der Waals surface area (Å²) >= 11 is 0. The quantitative estimate of drug-likeness (QED) is 0.768. The molecule has 0 radical (unpaired) electrons. The second-order valence-electron chi connectivity index (χ2n) is 4.79. The summed E-state index contributed by atoms with van der Waals surface area (Å²) in [5, 5.41) is 3.05. The first-order chi connectivity index (χ1) is 7.56. The smallest absolute Gasteiger partial charge is 0.182 e. The van der Waals surface area contributed by atoms with E-state index in [1.165, 1.54) is 5.56 Å². The second-order valence-corrected chi connectivity index (χ2v) is 4.79. The molecular formula is C14H17NO. The van der Waals surface area contributed by atoms with Crippen molar-refractivity contribution < 1.29 is 4.79 Å². The second kappa shape index (κ2) is 4.12. The highest BCUT2D eigenvalue weighted by atomic mass is 16.1. The predicted molar refractivity (Wildman–Crippen MR) is 66.5 cm³/mol. The number of carbonyl (C=O) groups is 1. The van der Waals surface area contributed by atoms with Crippen LogP contribution in [0.5, 0.6) is 0 Å². The molecule has 0 saturated carbocycles. The van der Waals surface area contributed by atoms with Gasteiger partial charge in [0, 0.05) is 12.1 Å². The van der Waals surface area contributed by atoms with Gasteiger partial charge in [-0.1, -0.05) is 32.6 Å². The summed E-state index contributed by atoms with van der Waals surface area (Å²) in [5.41, 5.74) is 3.92. The van der Waals surface area contributed by atoms with Crippen LogP contribution in [0.1, 0.15) is 25.0 Å². The van der Waals surface area contributed by atoms with Gasteiger partial charge < -0.3 is 5.32 Å². The molecule has 0 fully saturated rings. The molecule has 0 aliphatic carbocycles. The molecule has 0 spiro atoms. The van der Waals surface area contributed by atoms with Gasteiger partial charge >= 0.3 is 0 Å². The van der Waals surface area contributed by atoms with Gasteiger partial charge in [-0.15, -0.1) is 0 Å². The Morgan fingerprint density at radius 2 is 2.19 bits per heavy atom. The standard InChI is InChI=1S/C14H17NO/c1-9(2)6-11-4-5-13-12(7-11)8-14(16)10(3)15-13/h4-5,7,9,15H,3,6,8H2,1-2H3. The molecule has 1 aliphatic heterocycles. The monoisotopic (exact) mass is 215 g/mol. The van der Waals surface area contributed by atoms with Crippen LogP contribution in [0.3, 0.4) is 0 Å². The molecular weight excluding hydrogens is 198 g/mol. The summed E-state index contributed by atoms with van der Waals surface area (Å²) in [4.78, 5) is 11.5. The first-order valence-corrected chi connectivity index (χ1v) is 5.67. The molecule has 84 valence electrons. The predicted octanol–water partition coefficient (Wildman–Crippen LogP) is 2.94. The average Bonchev–Trinajstić information content (AvgIpc) is 2.19. The van der Waals surface area contributed by atoms with E-state index in [2.05, 4.69) is 37.9 Å². The fraction of sp³-hybridized carbons (Fsp3) is 0.357. The van der Waals surface area contributed by atoms with E-state index < -0.39 is 0 Å². The number of allylic oxidation sites excluding steroid dienone is 1. The van der Waals surface area contributed by atoms with Gasteiger partial charge in [0.2, 0.25) is 0 Å². The van der Waals surface area contributed by atoms with Crippen molar-refractivity contribution >= 4 is 11.5 Å². The molecule has 1 aromatic carbocycles. The first kappa shape index (κ1) is 10.9. The van der Waals surface area contributed by atoms with E-state index in [4.69, 9.17) is 0 Å². The fourth-order valence-electron chi connectivity index (χ4n) is 2.03. The molecule has 0 saturated heterocycles. The SMILES string of the molecule is C=C1Nc2ccc(CC(C)C)cc2CC1=O. The summed E-state index contributed by atoms with van der Waals surface area (Å²) in [6.45, 7) is 8.10. The Kier molecular flexibility index (Phi) is 2.82. The first-order valence-electron chi connectivity index (χ1n) is 5.67. The molecule has 2 nitrogen and oxygen atoms in total. The normalized spacial score (nSPS) is 14.9. The van der Waals surface area contributed by atoms with Crippen molar-refractivity contribution in [3.8, 4) is 0 Å². The highest BCUT2D eigenvalue weighted by molar-refractivity contribution is 6.02. The van der Waals surface area contributed by atoms with Gasteiger partial charge in [0.15, 0.2) is 5.78 Å². The van der Waals surface area contributed by atoms with E-state index in [1.807, 2.05) is 6.07 Å². The Morgan fingerprint density at radius 3 is 2.88 bits per heavy atom. The molecule has 16 heavy (non-hydrogen) atoms. The zero-order chi connectivity index (χ0) is 11.7. The van der Waals surface area contributed by atoms with Crippen molar-refractivity contribution in [2.45, 2.75) is 26.7 Å². The average molecular weight is 215 g/mol. The molecule has 1 aromatic rings. The Hall–Kier alpha value is -1.57. The van der Waals surface area contributed by atoms with E-state index in [-0.39, 0.29) is 5.78 Å². The van der Waals surface area contributed by atoms with Crippen LogP contribution in [0.25, 0.3) is 0 Å². The van der Waals surface area contributed by atoms with Crippen LogP contribution in [0.2, 0.25) is 0 Å². The molecule has 1 heterocycles. The topological polar surface area (TPSA) is 29.1 Å². The summed E-state index contributed by atoms with van der Waals surface area (Å²) in [6.07, 6.45) is 1.54. The molecule has 2 heteroatoms. The molecule has 0 aromatic heterocycles. The third-order valence-electron chi connectivity index (χ3n) is 2.79. The number of hydrogen-bond acceptors (Lipinski definition) is 2. The van der Waals surface area contributed by atoms with Gasteiger partial charge in [-0.05, 0) is 29.5 Å². The van der Waals surface area contributed by atoms with Gasteiger partial charge in [-0.25, -0.2) is 0 Å². The zero-order valence-corrected chi connectivity index (χ0v) is 9.84. The van der Waals surface area contributed by atoms with Crippen LogP contribution in [0, 0.1) is 5.92 Å². The van der Waals surface area contributed by atoms with Gasteiger partial charge in [0.25, 0.3) is 0 Å². The lowest BCUT2D eigenvalue weighted by atomic mass is 9.95. The van der Waals surface area contributed by atoms with Gasteiger partial charge in [-0.3, -0.25) is 4.79 Å². The van der Waals surface area contributed by atoms with Crippen LogP contribution >= 0.6 is 0 Å². The highest BCUT2D eigenvalue weighted by Gasteiger charge is 2.18. The van der Waals surface area contributed by atoms with E-state index in [0.717, 1.165) is 17.7 Å². The number of rotatable bonds is 2. The number of benzene rings is 1. The minimum absolute atomic E-state index is 0.0918. The Labute approximate surface area is 96.4 Å². The fourth-order valence-corrected chi connectivity index (χ4v) is 2.03. The number of ketones is 1. The molecule has 0 atom stereocenters. The Bertz CT molecular complexity index is 446. The third-order valence-corrected chi connectivity index (χ3v) is 2.79. The van der Waals surface area contributed by atoms with Crippen molar-refractivity contribution in [3.05, 3.63) is 41.6 Å². The maximum absolute atomic E-state index is 11.5. The number of hydrogen-bond donors (Lipinski definition) is 1. The van der Waals surface area contributed by atoms with Crippen molar-refractivity contribution in [3.63, 3.8) is 0 Å². The van der Waals surface area contributed by atoms with E-state index in [0.29, 0.717) is 18.0 Å². The Balaban J connectivity index is 2.29. The minimum Gasteiger partial charge on any atom is -0.353 e. The number of fused-ring (bicyclic) bond motifs is 1. The van der Waals surface area contributed by atoms with E-state index in [1.54, 1.807) is 0 Å². The van der Waals surface area contributed by atoms with Gasteiger partial charge in [-0.2, -0.15) is 0 Å². The lowest BCUT2D eigenvalue weighted by Gasteiger charge is -2.20. The zero-order valence-electron chi connectivity index (χ0n) is 9.84. The van der Waals surface area contributed by atoms with E-state index >= 15 is 0 Å². The molecule has 0 amide bonds. The van der Waals surface area contributed by atoms with Crippen LogP contribution in [-0.4, -0.2) is 5.78 Å². The third kappa shape index (κ3) is 2.16. The number of anilines is 1. The highest BCUT2D eigenvalue weighted by Crippen LogP contribution is 2.25.